The Morgan fingerprint density at radius 1 is 1.05 bits per heavy atom. The minimum Gasteiger partial charge on any atom is -0.406 e. The molecule has 3 aromatic rings. The summed E-state index contributed by atoms with van der Waals surface area (Å²) in [5.74, 6) is -0.339. The topological polar surface area (TPSA) is 92.2 Å². The Kier molecular flexibility index (Phi) is 8.93. The molecule has 0 aromatic heterocycles. The van der Waals surface area contributed by atoms with Gasteiger partial charge in [-0.3, -0.25) is 10.2 Å². The standard InChI is InChI=1S/C29H27F3N4O3S/c1-17(2)23-13-4-18(3)14-24(23)26-25(37)16-40-27(26)35-28(38)34-20-7-9-21(10-8-20)36-33-15-19-5-11-22(12-6-19)39-29(30,31)32/h4-15,17,26,36H,16H2,1-3H3,(H,34,38)/b33-15+,35-27?. The minimum atomic E-state index is -4.74. The van der Waals surface area contributed by atoms with Crippen LogP contribution in [0.5, 0.6) is 5.75 Å². The highest BCUT2D eigenvalue weighted by atomic mass is 32.2. The van der Waals surface area contributed by atoms with E-state index in [0.717, 1.165) is 16.7 Å². The van der Waals surface area contributed by atoms with E-state index in [9.17, 15) is 22.8 Å². The predicted molar refractivity (Wildman–Crippen MR) is 153 cm³/mol. The summed E-state index contributed by atoms with van der Waals surface area (Å²) in [5, 5.41) is 7.28. The van der Waals surface area contributed by atoms with Gasteiger partial charge in [-0.2, -0.15) is 10.1 Å². The number of aryl methyl sites for hydroxylation is 1. The molecule has 1 aliphatic heterocycles. The number of nitrogens with one attached hydrogen (secondary N) is 2. The molecule has 1 heterocycles. The Morgan fingerprint density at radius 2 is 1.73 bits per heavy atom. The quantitative estimate of drug-likeness (QED) is 0.228. The van der Waals surface area contributed by atoms with Crippen molar-refractivity contribution in [3.63, 3.8) is 0 Å². The van der Waals surface area contributed by atoms with Gasteiger partial charge in [-0.1, -0.05) is 37.6 Å². The lowest BCUT2D eigenvalue weighted by Crippen LogP contribution is -2.18. The second kappa shape index (κ2) is 12.4. The Bertz CT molecular complexity index is 1440. The van der Waals surface area contributed by atoms with Crippen LogP contribution >= 0.6 is 11.8 Å². The van der Waals surface area contributed by atoms with Gasteiger partial charge < -0.3 is 10.1 Å². The van der Waals surface area contributed by atoms with Crippen molar-refractivity contribution in [1.82, 2.24) is 0 Å². The molecular weight excluding hydrogens is 541 g/mol. The predicted octanol–water partition coefficient (Wildman–Crippen LogP) is 7.49. The molecule has 0 saturated carbocycles. The number of hydrazone groups is 1. The fourth-order valence-electron chi connectivity index (χ4n) is 4.14. The lowest BCUT2D eigenvalue weighted by atomic mass is 9.86. The summed E-state index contributed by atoms with van der Waals surface area (Å²) >= 11 is 1.29. The smallest absolute Gasteiger partial charge is 0.406 e. The Balaban J connectivity index is 1.37. The summed E-state index contributed by atoms with van der Waals surface area (Å²) in [6, 6.07) is 17.5. The Morgan fingerprint density at radius 3 is 2.38 bits per heavy atom. The molecule has 1 saturated heterocycles. The second-order valence-corrected chi connectivity index (χ2v) is 10.4. The van der Waals surface area contributed by atoms with Gasteiger partial charge in [0.2, 0.25) is 0 Å². The number of halogens is 3. The van der Waals surface area contributed by atoms with E-state index >= 15 is 0 Å². The van der Waals surface area contributed by atoms with Crippen molar-refractivity contribution in [2.24, 2.45) is 10.1 Å². The van der Waals surface area contributed by atoms with Crippen molar-refractivity contribution in [2.75, 3.05) is 16.5 Å². The summed E-state index contributed by atoms with van der Waals surface area (Å²) in [5.41, 5.74) is 7.52. The SMILES string of the molecule is Cc1ccc(C(C)C)c(C2C(=O)CSC2=NC(=O)Nc2ccc(N/N=C/c3ccc(OC(F)(F)F)cc3)cc2)c1. The number of alkyl halides is 3. The van der Waals surface area contributed by atoms with Gasteiger partial charge in [0.05, 0.1) is 28.6 Å². The molecule has 40 heavy (non-hydrogen) atoms. The molecule has 1 fully saturated rings. The molecule has 7 nitrogen and oxygen atoms in total. The third-order valence-electron chi connectivity index (χ3n) is 5.98. The largest absolute Gasteiger partial charge is 0.573 e. The maximum atomic E-state index is 12.8. The molecule has 0 bridgehead atoms. The summed E-state index contributed by atoms with van der Waals surface area (Å²) < 4.78 is 40.6. The summed E-state index contributed by atoms with van der Waals surface area (Å²) in [6.45, 7) is 6.12. The number of ketones is 1. The number of anilines is 2. The molecule has 0 aliphatic carbocycles. The van der Waals surface area contributed by atoms with Gasteiger partial charge in [-0.25, -0.2) is 4.79 Å². The highest BCUT2D eigenvalue weighted by Gasteiger charge is 2.36. The maximum absolute atomic E-state index is 12.8. The number of aliphatic imine (C=N–C) groups is 1. The molecule has 2 amide bonds. The first-order chi connectivity index (χ1) is 19.0. The van der Waals surface area contributed by atoms with Gasteiger partial charge in [-0.05, 0) is 78.1 Å². The van der Waals surface area contributed by atoms with Crippen LogP contribution in [0.25, 0.3) is 0 Å². The Hall–Kier alpha value is -4.12. The van der Waals surface area contributed by atoms with Crippen molar-refractivity contribution < 1.29 is 27.5 Å². The van der Waals surface area contributed by atoms with Crippen LogP contribution in [0.4, 0.5) is 29.3 Å². The number of benzene rings is 3. The van der Waals surface area contributed by atoms with Gasteiger partial charge in [0, 0.05) is 5.69 Å². The number of hydrogen-bond donors (Lipinski definition) is 2. The number of carbonyl (C=O) groups is 2. The van der Waals surface area contributed by atoms with E-state index in [1.807, 2.05) is 25.1 Å². The summed E-state index contributed by atoms with van der Waals surface area (Å²) in [6.07, 6.45) is -3.30. The number of Topliss-reactive ketones (excluding diaryl/α,β-unsaturated/α-hetero) is 1. The van der Waals surface area contributed by atoms with Crippen molar-refractivity contribution in [1.29, 1.82) is 0 Å². The van der Waals surface area contributed by atoms with Crippen LogP contribution in [0.2, 0.25) is 0 Å². The number of hydrogen-bond acceptors (Lipinski definition) is 6. The molecule has 2 N–H and O–H groups in total. The summed E-state index contributed by atoms with van der Waals surface area (Å²) in [7, 11) is 0. The fraction of sp³-hybridized carbons (Fsp3) is 0.241. The molecular formula is C29H27F3N4O3S. The van der Waals surface area contributed by atoms with Gasteiger partial charge in [0.1, 0.15) is 5.75 Å². The monoisotopic (exact) mass is 568 g/mol. The molecule has 11 heteroatoms. The molecule has 1 unspecified atom stereocenters. The third kappa shape index (κ3) is 7.72. The van der Waals surface area contributed by atoms with Gasteiger partial charge in [-0.15, -0.1) is 24.9 Å². The molecule has 1 atom stereocenters. The summed E-state index contributed by atoms with van der Waals surface area (Å²) in [4.78, 5) is 29.7. The highest BCUT2D eigenvalue weighted by Crippen LogP contribution is 2.37. The number of nitrogens with zero attached hydrogens (tertiary/aromatic N) is 2. The van der Waals surface area contributed by atoms with Crippen LogP contribution in [0.15, 0.2) is 76.8 Å². The van der Waals surface area contributed by atoms with Crippen LogP contribution in [0.3, 0.4) is 0 Å². The molecule has 3 aromatic carbocycles. The van der Waals surface area contributed by atoms with E-state index in [0.29, 0.717) is 22.0 Å². The number of ether oxygens (including phenoxy) is 1. The minimum absolute atomic E-state index is 0.0330. The van der Waals surface area contributed by atoms with Crippen molar-refractivity contribution in [3.8, 4) is 5.75 Å². The number of urea groups is 1. The molecule has 0 radical (unpaired) electrons. The first kappa shape index (κ1) is 28.9. The molecule has 1 aliphatic rings. The average molecular weight is 569 g/mol. The van der Waals surface area contributed by atoms with Crippen LogP contribution in [0, 0.1) is 6.92 Å². The van der Waals surface area contributed by atoms with Gasteiger partial charge in [0.25, 0.3) is 0 Å². The van der Waals surface area contributed by atoms with Gasteiger partial charge in [0.15, 0.2) is 5.78 Å². The van der Waals surface area contributed by atoms with E-state index in [-0.39, 0.29) is 23.2 Å². The lowest BCUT2D eigenvalue weighted by Gasteiger charge is -2.18. The van der Waals surface area contributed by atoms with E-state index in [1.54, 1.807) is 24.3 Å². The first-order valence-electron chi connectivity index (χ1n) is 12.4. The first-order valence-corrected chi connectivity index (χ1v) is 13.4. The maximum Gasteiger partial charge on any atom is 0.573 e. The highest BCUT2D eigenvalue weighted by molar-refractivity contribution is 8.15. The molecule has 4 rings (SSSR count). The number of rotatable bonds is 7. The van der Waals surface area contributed by atoms with E-state index in [4.69, 9.17) is 0 Å². The van der Waals surface area contributed by atoms with E-state index < -0.39 is 18.3 Å². The zero-order valence-corrected chi connectivity index (χ0v) is 22.8. The normalized spacial score (nSPS) is 16.6. The molecule has 0 spiro atoms. The van der Waals surface area contributed by atoms with Crippen LogP contribution < -0.4 is 15.5 Å². The molecule has 208 valence electrons. The lowest BCUT2D eigenvalue weighted by molar-refractivity contribution is -0.274. The number of carbonyl (C=O) groups excluding carboxylic acids is 2. The van der Waals surface area contributed by atoms with Crippen molar-refractivity contribution in [3.05, 3.63) is 89.0 Å². The third-order valence-corrected chi connectivity index (χ3v) is 7.03. The van der Waals surface area contributed by atoms with Gasteiger partial charge >= 0.3 is 12.4 Å². The Labute approximate surface area is 233 Å². The second-order valence-electron chi connectivity index (χ2n) is 9.42. The fourth-order valence-corrected chi connectivity index (χ4v) is 5.17. The number of thioether (sulfide) groups is 1. The average Bonchev–Trinajstić information content (AvgIpc) is 3.24. The van der Waals surface area contributed by atoms with E-state index in [2.05, 4.69) is 39.4 Å². The van der Waals surface area contributed by atoms with Crippen LogP contribution in [0.1, 0.15) is 47.9 Å². The van der Waals surface area contributed by atoms with Crippen LogP contribution in [-0.4, -0.2) is 35.2 Å². The zero-order valence-electron chi connectivity index (χ0n) is 22.0. The van der Waals surface area contributed by atoms with Crippen molar-refractivity contribution in [2.45, 2.75) is 39.0 Å². The van der Waals surface area contributed by atoms with Crippen LogP contribution in [-0.2, 0) is 4.79 Å². The number of amides is 2. The van der Waals surface area contributed by atoms with Crippen molar-refractivity contribution >= 4 is 46.2 Å². The zero-order chi connectivity index (χ0) is 28.9. The van der Waals surface area contributed by atoms with E-state index in [1.165, 1.54) is 42.2 Å².